The lowest BCUT2D eigenvalue weighted by atomic mass is 9.99. The third kappa shape index (κ3) is 31.8. The summed E-state index contributed by atoms with van der Waals surface area (Å²) in [6, 6.07) is 0. The molecule has 0 aromatic carbocycles. The van der Waals surface area contributed by atoms with Crippen molar-refractivity contribution in [2.45, 2.75) is 219 Å². The monoisotopic (exact) mass is 583 g/mol. The molecule has 0 amide bonds. The van der Waals surface area contributed by atoms with E-state index in [2.05, 4.69) is 13.8 Å². The number of unbranched alkanes of at least 4 members (excludes halogenated alkanes) is 24. The molecule has 0 bridgehead atoms. The Morgan fingerprint density at radius 3 is 0.976 bits per heavy atom. The number of hydrogen-bond acceptors (Lipinski definition) is 5. The summed E-state index contributed by atoms with van der Waals surface area (Å²) >= 11 is 0. The SMILES string of the molecule is CCCCCCCCCCCCCCCCCC(=O)OC(=O)CCCCCCCCCCC(O)(O)CCCCCC. The van der Waals surface area contributed by atoms with E-state index in [4.69, 9.17) is 4.74 Å². The fourth-order valence-electron chi connectivity index (χ4n) is 5.57. The summed E-state index contributed by atoms with van der Waals surface area (Å²) in [5, 5.41) is 20.1. The summed E-state index contributed by atoms with van der Waals surface area (Å²) in [6.45, 7) is 4.43. The topological polar surface area (TPSA) is 83.8 Å². The van der Waals surface area contributed by atoms with E-state index < -0.39 is 5.79 Å². The first-order chi connectivity index (χ1) is 19.9. The first kappa shape index (κ1) is 40.1. The molecule has 2 N–H and O–H groups in total. The first-order valence-electron chi connectivity index (χ1n) is 18.1. The lowest BCUT2D eigenvalue weighted by Crippen LogP contribution is -2.27. The number of carbonyl (C=O) groups is 2. The Hall–Kier alpha value is -0.940. The van der Waals surface area contributed by atoms with Gasteiger partial charge in [-0.05, 0) is 25.7 Å². The number of carbonyl (C=O) groups excluding carboxylic acids is 2. The molecule has 0 heterocycles. The molecule has 5 heteroatoms. The van der Waals surface area contributed by atoms with Crippen LogP contribution in [0.25, 0.3) is 0 Å². The van der Waals surface area contributed by atoms with Crippen molar-refractivity contribution in [2.75, 3.05) is 0 Å². The minimum absolute atomic E-state index is 0.331. The maximum atomic E-state index is 11.9. The maximum Gasteiger partial charge on any atom is 0.313 e. The van der Waals surface area contributed by atoms with Gasteiger partial charge in [-0.2, -0.15) is 0 Å². The molecule has 0 spiro atoms. The summed E-state index contributed by atoms with van der Waals surface area (Å²) in [7, 11) is 0. The van der Waals surface area contributed by atoms with Gasteiger partial charge in [0, 0.05) is 25.7 Å². The third-order valence-corrected chi connectivity index (χ3v) is 8.35. The van der Waals surface area contributed by atoms with Crippen molar-refractivity contribution in [3.63, 3.8) is 0 Å². The van der Waals surface area contributed by atoms with Gasteiger partial charge in [-0.1, -0.05) is 162 Å². The Bertz CT molecular complexity index is 574. The Morgan fingerprint density at radius 2 is 0.659 bits per heavy atom. The average Bonchev–Trinajstić information content (AvgIpc) is 2.94. The van der Waals surface area contributed by atoms with Crippen LogP contribution in [-0.4, -0.2) is 27.9 Å². The Kier molecular flexibility index (Phi) is 29.8. The van der Waals surface area contributed by atoms with E-state index in [1.807, 2.05) is 0 Å². The zero-order chi connectivity index (χ0) is 30.3. The van der Waals surface area contributed by atoms with Crippen LogP contribution in [0.4, 0.5) is 0 Å². The molecule has 0 fully saturated rings. The summed E-state index contributed by atoms with van der Waals surface area (Å²) in [4.78, 5) is 23.8. The highest BCUT2D eigenvalue weighted by molar-refractivity contribution is 5.85. The molecule has 0 aliphatic carbocycles. The van der Waals surface area contributed by atoms with Gasteiger partial charge in [-0.15, -0.1) is 0 Å². The van der Waals surface area contributed by atoms with Gasteiger partial charge in [-0.25, -0.2) is 0 Å². The van der Waals surface area contributed by atoms with Crippen LogP contribution < -0.4 is 0 Å². The molecule has 0 aliphatic heterocycles. The van der Waals surface area contributed by atoms with E-state index in [-0.39, 0.29) is 11.9 Å². The number of rotatable bonds is 32. The number of esters is 2. The maximum absolute atomic E-state index is 11.9. The summed E-state index contributed by atoms with van der Waals surface area (Å²) < 4.78 is 4.99. The van der Waals surface area contributed by atoms with Crippen molar-refractivity contribution in [3.05, 3.63) is 0 Å². The zero-order valence-electron chi connectivity index (χ0n) is 27.5. The molecule has 0 aromatic heterocycles. The third-order valence-electron chi connectivity index (χ3n) is 8.35. The van der Waals surface area contributed by atoms with Crippen molar-refractivity contribution >= 4 is 11.9 Å². The molecule has 0 rings (SSSR count). The van der Waals surface area contributed by atoms with E-state index in [0.717, 1.165) is 89.9 Å². The van der Waals surface area contributed by atoms with E-state index >= 15 is 0 Å². The Balaban J connectivity index is 3.39. The van der Waals surface area contributed by atoms with Crippen molar-refractivity contribution in [1.29, 1.82) is 0 Å². The molecule has 0 saturated carbocycles. The van der Waals surface area contributed by atoms with Gasteiger partial charge >= 0.3 is 11.9 Å². The van der Waals surface area contributed by atoms with Gasteiger partial charge in [0.2, 0.25) is 0 Å². The molecular weight excluding hydrogens is 512 g/mol. The molecule has 0 atom stereocenters. The second-order valence-electron chi connectivity index (χ2n) is 12.7. The van der Waals surface area contributed by atoms with Gasteiger partial charge < -0.3 is 14.9 Å². The van der Waals surface area contributed by atoms with Crippen LogP contribution in [0.2, 0.25) is 0 Å². The molecule has 5 nitrogen and oxygen atoms in total. The van der Waals surface area contributed by atoms with Gasteiger partial charge in [0.05, 0.1) is 0 Å². The van der Waals surface area contributed by atoms with Crippen molar-refractivity contribution in [2.24, 2.45) is 0 Å². The van der Waals surface area contributed by atoms with E-state index in [0.29, 0.717) is 25.7 Å². The average molecular weight is 583 g/mol. The molecular formula is C36H70O5. The second kappa shape index (κ2) is 30.5. The predicted molar refractivity (Wildman–Crippen MR) is 173 cm³/mol. The smallest absolute Gasteiger partial charge is 0.313 e. The van der Waals surface area contributed by atoms with Crippen molar-refractivity contribution in [3.8, 4) is 0 Å². The van der Waals surface area contributed by atoms with Gasteiger partial charge in [0.1, 0.15) is 0 Å². The molecule has 0 saturated heterocycles. The number of ether oxygens (including phenoxy) is 1. The summed E-state index contributed by atoms with van der Waals surface area (Å²) in [6.07, 6.45) is 33.5. The molecule has 0 aliphatic rings. The normalized spacial score (nSPS) is 11.7. The van der Waals surface area contributed by atoms with Gasteiger partial charge in [0.25, 0.3) is 0 Å². The summed E-state index contributed by atoms with van der Waals surface area (Å²) in [5.41, 5.74) is 0. The van der Waals surface area contributed by atoms with Gasteiger partial charge in [-0.3, -0.25) is 9.59 Å². The Morgan fingerprint density at radius 1 is 0.415 bits per heavy atom. The fraction of sp³-hybridized carbons (Fsp3) is 0.944. The quantitative estimate of drug-likeness (QED) is 0.0357. The molecule has 244 valence electrons. The van der Waals surface area contributed by atoms with E-state index in [1.54, 1.807) is 0 Å². The van der Waals surface area contributed by atoms with Crippen LogP contribution in [0.15, 0.2) is 0 Å². The predicted octanol–water partition coefficient (Wildman–Crippen LogP) is 10.9. The fourth-order valence-corrected chi connectivity index (χ4v) is 5.57. The van der Waals surface area contributed by atoms with Crippen LogP contribution >= 0.6 is 0 Å². The standard InChI is InChI=1S/C36H70O5/c1-3-5-7-9-10-11-12-13-14-15-16-17-20-23-26-30-34(37)41-35(38)31-27-24-21-18-19-22-25-29-33-36(39,40)32-28-8-6-4-2/h39-40H,3-33H2,1-2H3. The lowest BCUT2D eigenvalue weighted by molar-refractivity contribution is -0.172. The van der Waals surface area contributed by atoms with Crippen LogP contribution in [0.5, 0.6) is 0 Å². The highest BCUT2D eigenvalue weighted by Crippen LogP contribution is 2.21. The van der Waals surface area contributed by atoms with E-state index in [1.165, 1.54) is 83.5 Å². The minimum atomic E-state index is -1.49. The first-order valence-corrected chi connectivity index (χ1v) is 18.1. The van der Waals surface area contributed by atoms with Gasteiger partial charge in [0.15, 0.2) is 5.79 Å². The molecule has 0 aromatic rings. The second-order valence-corrected chi connectivity index (χ2v) is 12.7. The van der Waals surface area contributed by atoms with Crippen molar-refractivity contribution in [1.82, 2.24) is 0 Å². The summed E-state index contributed by atoms with van der Waals surface area (Å²) in [5.74, 6) is -2.22. The Labute approximate surface area is 255 Å². The highest BCUT2D eigenvalue weighted by Gasteiger charge is 2.21. The number of aliphatic hydroxyl groups is 2. The number of hydrogen-bond donors (Lipinski definition) is 2. The lowest BCUT2D eigenvalue weighted by Gasteiger charge is -2.21. The largest absolute Gasteiger partial charge is 0.393 e. The zero-order valence-corrected chi connectivity index (χ0v) is 27.5. The van der Waals surface area contributed by atoms with Crippen LogP contribution in [0, 0.1) is 0 Å². The van der Waals surface area contributed by atoms with Crippen molar-refractivity contribution < 1.29 is 24.5 Å². The minimum Gasteiger partial charge on any atom is -0.393 e. The van der Waals surface area contributed by atoms with Crippen LogP contribution in [-0.2, 0) is 14.3 Å². The highest BCUT2D eigenvalue weighted by atomic mass is 16.6. The molecule has 0 radical (unpaired) electrons. The molecule has 0 unspecified atom stereocenters. The molecule has 41 heavy (non-hydrogen) atoms. The van der Waals surface area contributed by atoms with Crippen LogP contribution in [0.1, 0.15) is 213 Å². The van der Waals surface area contributed by atoms with E-state index in [9.17, 15) is 19.8 Å². The van der Waals surface area contributed by atoms with Crippen LogP contribution in [0.3, 0.4) is 0 Å².